The van der Waals surface area contributed by atoms with Crippen LogP contribution in [-0.2, 0) is 0 Å². The van der Waals surface area contributed by atoms with Crippen LogP contribution >= 0.6 is 11.8 Å². The Morgan fingerprint density at radius 1 is 1.56 bits per heavy atom. The summed E-state index contributed by atoms with van der Waals surface area (Å²) in [6, 6.07) is 8.74. The van der Waals surface area contributed by atoms with Crippen LogP contribution in [0.15, 0.2) is 29.4 Å². The van der Waals surface area contributed by atoms with Crippen molar-refractivity contribution in [2.24, 2.45) is 5.92 Å². The van der Waals surface area contributed by atoms with Gasteiger partial charge in [0.2, 0.25) is 0 Å². The van der Waals surface area contributed by atoms with Crippen LogP contribution in [0.1, 0.15) is 26.7 Å². The van der Waals surface area contributed by atoms with Gasteiger partial charge in [0, 0.05) is 18.0 Å². The third-order valence-electron chi connectivity index (χ3n) is 3.11. The van der Waals surface area contributed by atoms with Gasteiger partial charge in [-0.1, -0.05) is 6.07 Å². The van der Waals surface area contributed by atoms with Crippen LogP contribution in [0.5, 0.6) is 0 Å². The molecule has 1 fully saturated rings. The predicted octanol–water partition coefficient (Wildman–Crippen LogP) is 2.84. The Morgan fingerprint density at radius 2 is 2.33 bits per heavy atom. The molecule has 0 radical (unpaired) electrons. The summed E-state index contributed by atoms with van der Waals surface area (Å²) < 4.78 is 0. The van der Waals surface area contributed by atoms with Crippen molar-refractivity contribution < 1.29 is 0 Å². The molecule has 4 heteroatoms. The molecular weight excluding hydrogens is 242 g/mol. The molecule has 0 bridgehead atoms. The first kappa shape index (κ1) is 13.4. The van der Waals surface area contributed by atoms with E-state index in [9.17, 15) is 5.26 Å². The van der Waals surface area contributed by atoms with Crippen molar-refractivity contribution in [2.45, 2.75) is 43.3 Å². The summed E-state index contributed by atoms with van der Waals surface area (Å²) in [5.41, 5.74) is -0.393. The minimum atomic E-state index is -0.393. The lowest BCUT2D eigenvalue weighted by Gasteiger charge is -2.29. The first-order valence-electron chi connectivity index (χ1n) is 6.39. The molecule has 1 aliphatic rings. The molecule has 1 unspecified atom stereocenters. The minimum absolute atomic E-state index is 0.328. The SMILES string of the molecule is CC(C)NC(C#N)(CSc1ccccn1)C1CC1. The number of hydrogen-bond acceptors (Lipinski definition) is 4. The van der Waals surface area contributed by atoms with E-state index in [0.29, 0.717) is 12.0 Å². The Labute approximate surface area is 113 Å². The summed E-state index contributed by atoms with van der Waals surface area (Å²) in [4.78, 5) is 4.30. The molecule has 0 amide bonds. The third kappa shape index (κ3) is 3.24. The van der Waals surface area contributed by atoms with Crippen molar-refractivity contribution >= 4 is 11.8 Å². The number of hydrogen-bond donors (Lipinski definition) is 1. The molecule has 1 saturated carbocycles. The Balaban J connectivity index is 2.04. The second-order valence-corrected chi connectivity index (χ2v) is 6.11. The summed E-state index contributed by atoms with van der Waals surface area (Å²) in [5, 5.41) is 14.0. The number of nitriles is 1. The van der Waals surface area contributed by atoms with Gasteiger partial charge < -0.3 is 0 Å². The minimum Gasteiger partial charge on any atom is -0.296 e. The van der Waals surface area contributed by atoms with E-state index in [1.165, 1.54) is 0 Å². The van der Waals surface area contributed by atoms with Crippen LogP contribution in [0.2, 0.25) is 0 Å². The standard InChI is InChI=1S/C14H19N3S/c1-11(2)17-14(9-15,12-6-7-12)10-18-13-5-3-4-8-16-13/h3-5,8,11-12,17H,6-7,10H2,1-2H3. The highest BCUT2D eigenvalue weighted by atomic mass is 32.2. The fourth-order valence-electron chi connectivity index (χ4n) is 2.14. The van der Waals surface area contributed by atoms with E-state index in [4.69, 9.17) is 0 Å². The topological polar surface area (TPSA) is 48.7 Å². The van der Waals surface area contributed by atoms with Gasteiger partial charge in [0.15, 0.2) is 0 Å². The van der Waals surface area contributed by atoms with E-state index >= 15 is 0 Å². The van der Waals surface area contributed by atoms with Crippen LogP contribution in [0.25, 0.3) is 0 Å². The Kier molecular flexibility index (Phi) is 4.26. The van der Waals surface area contributed by atoms with Gasteiger partial charge in [-0.15, -0.1) is 11.8 Å². The van der Waals surface area contributed by atoms with Gasteiger partial charge in [0.25, 0.3) is 0 Å². The van der Waals surface area contributed by atoms with Gasteiger partial charge in [0.05, 0.1) is 11.1 Å². The lowest BCUT2D eigenvalue weighted by atomic mass is 9.96. The number of rotatable bonds is 6. The molecule has 1 aromatic rings. The summed E-state index contributed by atoms with van der Waals surface area (Å²) in [5.74, 6) is 1.27. The highest BCUT2D eigenvalue weighted by molar-refractivity contribution is 7.99. The van der Waals surface area contributed by atoms with Crippen LogP contribution in [0, 0.1) is 17.2 Å². The number of nitrogens with one attached hydrogen (secondary N) is 1. The number of aromatic nitrogens is 1. The summed E-state index contributed by atoms with van der Waals surface area (Å²) in [6.07, 6.45) is 4.12. The van der Waals surface area contributed by atoms with Crippen molar-refractivity contribution in [1.29, 1.82) is 5.26 Å². The first-order valence-corrected chi connectivity index (χ1v) is 7.37. The molecular formula is C14H19N3S. The van der Waals surface area contributed by atoms with Crippen LogP contribution in [-0.4, -0.2) is 22.3 Å². The zero-order valence-electron chi connectivity index (χ0n) is 10.9. The molecule has 18 heavy (non-hydrogen) atoms. The average molecular weight is 261 g/mol. The Morgan fingerprint density at radius 3 is 2.83 bits per heavy atom. The third-order valence-corrected chi connectivity index (χ3v) is 4.24. The predicted molar refractivity (Wildman–Crippen MR) is 74.3 cm³/mol. The van der Waals surface area contributed by atoms with E-state index in [1.807, 2.05) is 18.2 Å². The summed E-state index contributed by atoms with van der Waals surface area (Å²) >= 11 is 1.67. The second kappa shape index (κ2) is 5.73. The zero-order chi connectivity index (χ0) is 13.0. The van der Waals surface area contributed by atoms with E-state index in [-0.39, 0.29) is 0 Å². The number of pyridine rings is 1. The molecule has 1 atom stereocenters. The average Bonchev–Trinajstić information content (AvgIpc) is 3.20. The van der Waals surface area contributed by atoms with E-state index in [2.05, 4.69) is 30.2 Å². The molecule has 96 valence electrons. The quantitative estimate of drug-likeness (QED) is 0.800. The summed E-state index contributed by atoms with van der Waals surface area (Å²) in [6.45, 7) is 4.19. The fraction of sp³-hybridized carbons (Fsp3) is 0.571. The van der Waals surface area contributed by atoms with E-state index in [1.54, 1.807) is 18.0 Å². The lowest BCUT2D eigenvalue weighted by Crippen LogP contribution is -2.51. The molecule has 0 spiro atoms. The van der Waals surface area contributed by atoms with Gasteiger partial charge in [-0.05, 0) is 44.7 Å². The van der Waals surface area contributed by atoms with E-state index < -0.39 is 5.54 Å². The maximum atomic E-state index is 9.57. The molecule has 1 heterocycles. The smallest absolute Gasteiger partial charge is 0.119 e. The molecule has 1 aromatic heterocycles. The lowest BCUT2D eigenvalue weighted by molar-refractivity contribution is 0.370. The maximum absolute atomic E-state index is 9.57. The molecule has 0 saturated heterocycles. The van der Waals surface area contributed by atoms with Crippen molar-refractivity contribution in [3.05, 3.63) is 24.4 Å². The van der Waals surface area contributed by atoms with Crippen LogP contribution in [0.3, 0.4) is 0 Å². The van der Waals surface area contributed by atoms with Gasteiger partial charge >= 0.3 is 0 Å². The van der Waals surface area contributed by atoms with Crippen LogP contribution < -0.4 is 5.32 Å². The first-order chi connectivity index (χ1) is 8.66. The van der Waals surface area contributed by atoms with Crippen molar-refractivity contribution in [2.75, 3.05) is 5.75 Å². The fourth-order valence-corrected chi connectivity index (χ4v) is 3.21. The highest BCUT2D eigenvalue weighted by Crippen LogP contribution is 2.42. The van der Waals surface area contributed by atoms with Crippen molar-refractivity contribution in [3.63, 3.8) is 0 Å². The van der Waals surface area contributed by atoms with Crippen molar-refractivity contribution in [3.8, 4) is 6.07 Å². The molecule has 3 nitrogen and oxygen atoms in total. The normalized spacial score (nSPS) is 18.3. The van der Waals surface area contributed by atoms with E-state index in [0.717, 1.165) is 23.6 Å². The highest BCUT2D eigenvalue weighted by Gasteiger charge is 2.46. The second-order valence-electron chi connectivity index (χ2n) is 5.11. The van der Waals surface area contributed by atoms with Gasteiger partial charge in [0.1, 0.15) is 5.54 Å². The van der Waals surface area contributed by atoms with Crippen LogP contribution in [0.4, 0.5) is 0 Å². The largest absolute Gasteiger partial charge is 0.296 e. The Hall–Kier alpha value is -1.05. The number of thioether (sulfide) groups is 1. The maximum Gasteiger partial charge on any atom is 0.119 e. The zero-order valence-corrected chi connectivity index (χ0v) is 11.7. The molecule has 2 rings (SSSR count). The Bertz CT molecular complexity index is 422. The molecule has 1 N–H and O–H groups in total. The van der Waals surface area contributed by atoms with Gasteiger partial charge in [-0.3, -0.25) is 5.32 Å². The molecule has 0 aromatic carbocycles. The molecule has 1 aliphatic carbocycles. The van der Waals surface area contributed by atoms with Crippen molar-refractivity contribution in [1.82, 2.24) is 10.3 Å². The van der Waals surface area contributed by atoms with Gasteiger partial charge in [-0.2, -0.15) is 5.26 Å². The van der Waals surface area contributed by atoms with Gasteiger partial charge in [-0.25, -0.2) is 4.98 Å². The monoisotopic (exact) mass is 261 g/mol. The summed E-state index contributed by atoms with van der Waals surface area (Å²) in [7, 11) is 0. The number of nitrogens with zero attached hydrogens (tertiary/aromatic N) is 2. The molecule has 0 aliphatic heterocycles.